The molecule has 0 aromatic carbocycles. The SMILES string of the molecule is C=C(C)[C@@H]1CC[C@]2(O[C@H]3O[C@H](CO)[C@H](O)[C@H](O)[C@H]3O)CC[C@]3(C)[C@H](CC[C@@H]4[C@@]5(C)CC[C@H](OC(C)=O)C(C)(C)[C@@H]5CC[C@]43C)[C@@H]12. The average Bonchev–Trinajstić information content (AvgIpc) is 3.35. The van der Waals surface area contributed by atoms with Crippen molar-refractivity contribution in [3.8, 4) is 0 Å². The fraction of sp³-hybridized carbons (Fsp3) is 0.919. The number of allylic oxidation sites excluding steroid dienone is 1. The van der Waals surface area contributed by atoms with Gasteiger partial charge in [-0.3, -0.25) is 4.79 Å². The number of carbonyl (C=O) groups is 1. The lowest BCUT2D eigenvalue weighted by atomic mass is 9.33. The summed E-state index contributed by atoms with van der Waals surface area (Å²) in [4.78, 5) is 12.0. The lowest BCUT2D eigenvalue weighted by Crippen LogP contribution is -2.68. The van der Waals surface area contributed by atoms with E-state index < -0.39 is 42.9 Å². The Kier molecular flexibility index (Phi) is 8.48. The normalized spacial score (nSPS) is 53.8. The Morgan fingerprint density at radius 2 is 1.53 bits per heavy atom. The first-order chi connectivity index (χ1) is 21.0. The Hall–Kier alpha value is -1.03. The predicted molar refractivity (Wildman–Crippen MR) is 170 cm³/mol. The van der Waals surface area contributed by atoms with E-state index >= 15 is 0 Å². The molecule has 6 aliphatic rings. The number of aliphatic hydroxyl groups is 4. The van der Waals surface area contributed by atoms with E-state index in [2.05, 4.69) is 48.1 Å². The number of rotatable bonds is 5. The lowest BCUT2D eigenvalue weighted by Gasteiger charge is -2.73. The summed E-state index contributed by atoms with van der Waals surface area (Å²) < 4.78 is 18.8. The highest BCUT2D eigenvalue weighted by Gasteiger charge is 2.72. The van der Waals surface area contributed by atoms with E-state index in [1.54, 1.807) is 0 Å². The zero-order valence-corrected chi connectivity index (χ0v) is 28.8. The van der Waals surface area contributed by atoms with Crippen LogP contribution in [0.25, 0.3) is 0 Å². The summed E-state index contributed by atoms with van der Waals surface area (Å²) in [6, 6.07) is 0. The predicted octanol–water partition coefficient (Wildman–Crippen LogP) is 5.14. The van der Waals surface area contributed by atoms with E-state index in [4.69, 9.17) is 14.2 Å². The molecular weight excluding hydrogens is 572 g/mol. The molecule has 8 nitrogen and oxygen atoms in total. The molecule has 0 amide bonds. The molecule has 6 rings (SSSR count). The summed E-state index contributed by atoms with van der Waals surface area (Å²) in [7, 11) is 0. The smallest absolute Gasteiger partial charge is 0.302 e. The van der Waals surface area contributed by atoms with Gasteiger partial charge in [0.2, 0.25) is 0 Å². The third-order valence-corrected chi connectivity index (χ3v) is 15.4. The quantitative estimate of drug-likeness (QED) is 0.187. The van der Waals surface area contributed by atoms with Crippen LogP contribution in [0.15, 0.2) is 12.2 Å². The maximum atomic E-state index is 12.0. The van der Waals surface area contributed by atoms with E-state index in [1.165, 1.54) is 12.5 Å². The topological polar surface area (TPSA) is 126 Å². The summed E-state index contributed by atoms with van der Waals surface area (Å²) in [6.45, 7) is 20.0. The van der Waals surface area contributed by atoms with Gasteiger partial charge < -0.3 is 34.6 Å². The molecule has 45 heavy (non-hydrogen) atoms. The molecule has 256 valence electrons. The van der Waals surface area contributed by atoms with Gasteiger partial charge in [0.25, 0.3) is 0 Å². The van der Waals surface area contributed by atoms with Gasteiger partial charge in [0.1, 0.15) is 30.5 Å². The largest absolute Gasteiger partial charge is 0.462 e. The number of fused-ring (bicyclic) bond motifs is 7. The number of hydrogen-bond acceptors (Lipinski definition) is 8. The van der Waals surface area contributed by atoms with Crippen LogP contribution in [0.5, 0.6) is 0 Å². The van der Waals surface area contributed by atoms with Gasteiger partial charge >= 0.3 is 5.97 Å². The maximum absolute atomic E-state index is 12.0. The molecule has 0 radical (unpaired) electrons. The van der Waals surface area contributed by atoms with Gasteiger partial charge in [-0.25, -0.2) is 0 Å². The van der Waals surface area contributed by atoms with Crippen LogP contribution >= 0.6 is 0 Å². The molecule has 1 aliphatic heterocycles. The number of carbonyl (C=O) groups excluding carboxylic acids is 1. The Morgan fingerprint density at radius 3 is 2.18 bits per heavy atom. The van der Waals surface area contributed by atoms with Crippen LogP contribution in [0.3, 0.4) is 0 Å². The number of esters is 1. The second-order valence-corrected chi connectivity index (χ2v) is 17.5. The van der Waals surface area contributed by atoms with Crippen LogP contribution in [-0.4, -0.2) is 75.4 Å². The first-order valence-corrected chi connectivity index (χ1v) is 17.8. The molecule has 15 atom stereocenters. The van der Waals surface area contributed by atoms with Crippen molar-refractivity contribution in [2.75, 3.05) is 6.61 Å². The van der Waals surface area contributed by atoms with Crippen molar-refractivity contribution in [1.82, 2.24) is 0 Å². The molecule has 4 N–H and O–H groups in total. The maximum Gasteiger partial charge on any atom is 0.302 e. The van der Waals surface area contributed by atoms with Crippen LogP contribution in [0.4, 0.5) is 0 Å². The fourth-order valence-electron chi connectivity index (χ4n) is 13.1. The highest BCUT2D eigenvalue weighted by atomic mass is 16.7. The number of hydrogen-bond donors (Lipinski definition) is 4. The van der Waals surface area contributed by atoms with Crippen LogP contribution in [0.1, 0.15) is 113 Å². The van der Waals surface area contributed by atoms with Crippen molar-refractivity contribution in [2.45, 2.75) is 155 Å². The minimum Gasteiger partial charge on any atom is -0.462 e. The molecule has 6 fully saturated rings. The molecule has 5 saturated carbocycles. The van der Waals surface area contributed by atoms with Crippen molar-refractivity contribution in [3.05, 3.63) is 12.2 Å². The van der Waals surface area contributed by atoms with Gasteiger partial charge in [0.05, 0.1) is 12.2 Å². The minimum atomic E-state index is -1.45. The average molecular weight is 633 g/mol. The van der Waals surface area contributed by atoms with Crippen molar-refractivity contribution in [3.63, 3.8) is 0 Å². The van der Waals surface area contributed by atoms with Gasteiger partial charge in [-0.15, -0.1) is 0 Å². The lowest BCUT2D eigenvalue weighted by molar-refractivity contribution is -0.346. The Morgan fingerprint density at radius 1 is 0.822 bits per heavy atom. The van der Waals surface area contributed by atoms with Crippen LogP contribution < -0.4 is 0 Å². The highest BCUT2D eigenvalue weighted by Crippen LogP contribution is 2.77. The van der Waals surface area contributed by atoms with Gasteiger partial charge in [-0.1, -0.05) is 46.8 Å². The summed E-state index contributed by atoms with van der Waals surface area (Å²) >= 11 is 0. The molecule has 1 heterocycles. The van der Waals surface area contributed by atoms with Gasteiger partial charge in [-0.05, 0) is 117 Å². The van der Waals surface area contributed by atoms with Crippen molar-refractivity contribution < 1.29 is 39.4 Å². The van der Waals surface area contributed by atoms with Crippen molar-refractivity contribution in [1.29, 1.82) is 0 Å². The van der Waals surface area contributed by atoms with Crippen LogP contribution in [0, 0.1) is 51.2 Å². The van der Waals surface area contributed by atoms with Crippen molar-refractivity contribution >= 4 is 5.97 Å². The first-order valence-electron chi connectivity index (χ1n) is 17.8. The van der Waals surface area contributed by atoms with E-state index in [1.807, 2.05) is 0 Å². The first kappa shape index (κ1) is 33.9. The second kappa shape index (κ2) is 11.3. The van der Waals surface area contributed by atoms with E-state index in [9.17, 15) is 25.2 Å². The van der Waals surface area contributed by atoms with E-state index in [0.717, 1.165) is 64.2 Å². The summed E-state index contributed by atoms with van der Waals surface area (Å²) in [5, 5.41) is 41.8. The van der Waals surface area contributed by atoms with E-state index in [0.29, 0.717) is 23.7 Å². The highest BCUT2D eigenvalue weighted by molar-refractivity contribution is 5.66. The molecular formula is C37H60O8. The molecule has 5 aliphatic carbocycles. The minimum absolute atomic E-state index is 0.0333. The number of ether oxygens (including phenoxy) is 3. The Balaban J connectivity index is 1.32. The van der Waals surface area contributed by atoms with Crippen LogP contribution in [0.2, 0.25) is 0 Å². The Bertz CT molecular complexity index is 1170. The molecule has 0 unspecified atom stereocenters. The molecule has 1 saturated heterocycles. The standard InChI is InChI=1S/C37H60O8/c1-20(2)22-11-16-37(45-32-31(42)30(41)29(40)24(19-38)44-32)18-17-35(7)23(28(22)37)9-10-26-34(6)14-13-27(43-21(3)39)33(4,5)25(34)12-15-36(26,35)8/h22-32,38,40-42H,1,9-19H2,2-8H3/t22-,23+,24+,25-,26+,27-,28+,29-,30-,31+,32+,34-,35+,36+,37-/m0/s1. The van der Waals surface area contributed by atoms with Gasteiger partial charge in [0.15, 0.2) is 6.29 Å². The third kappa shape index (κ3) is 4.77. The summed E-state index contributed by atoms with van der Waals surface area (Å²) in [5.74, 6) is 1.81. The zero-order chi connectivity index (χ0) is 32.9. The van der Waals surface area contributed by atoms with Gasteiger partial charge in [0, 0.05) is 12.3 Å². The Labute approximate surface area is 270 Å². The second-order valence-electron chi connectivity index (χ2n) is 17.5. The number of aliphatic hydroxyl groups excluding tert-OH is 4. The summed E-state index contributed by atoms with van der Waals surface area (Å²) in [6.07, 6.45) is 3.84. The van der Waals surface area contributed by atoms with Gasteiger partial charge in [-0.2, -0.15) is 0 Å². The molecule has 0 aromatic heterocycles. The monoisotopic (exact) mass is 632 g/mol. The molecule has 0 spiro atoms. The fourth-order valence-corrected chi connectivity index (χ4v) is 13.1. The van der Waals surface area contributed by atoms with E-state index in [-0.39, 0.29) is 39.7 Å². The molecule has 0 aromatic rings. The molecule has 8 heteroatoms. The molecule has 0 bridgehead atoms. The third-order valence-electron chi connectivity index (χ3n) is 15.4. The van der Waals surface area contributed by atoms with Crippen molar-refractivity contribution in [2.24, 2.45) is 51.2 Å². The summed E-state index contributed by atoms with van der Waals surface area (Å²) in [5.41, 5.74) is 0.975. The zero-order valence-electron chi connectivity index (χ0n) is 28.8. The van der Waals surface area contributed by atoms with Crippen LogP contribution in [-0.2, 0) is 19.0 Å².